The molecule has 0 aromatic heterocycles. The molecule has 0 bridgehead atoms. The van der Waals surface area contributed by atoms with Crippen molar-refractivity contribution in [2.75, 3.05) is 47.5 Å². The number of ether oxygens (including phenoxy) is 4. The normalized spacial score (nSPS) is 13.7. The second-order valence-corrected chi connectivity index (χ2v) is 20.6. The molecule has 0 fully saturated rings. The van der Waals surface area contributed by atoms with Gasteiger partial charge in [-0.05, 0) is 109 Å². The maximum atomic E-state index is 12.9. The minimum Gasteiger partial charge on any atom is -0.477 e. The van der Waals surface area contributed by atoms with Crippen LogP contribution in [0.25, 0.3) is 0 Å². The molecular formula is C66H110NO8+. The Morgan fingerprint density at radius 2 is 0.760 bits per heavy atom. The van der Waals surface area contributed by atoms with Crippen LogP contribution in [0.4, 0.5) is 0 Å². The van der Waals surface area contributed by atoms with Gasteiger partial charge in [0, 0.05) is 12.8 Å². The standard InChI is InChI=1S/C66H109NO8/c1-6-8-10-12-14-16-18-20-22-24-26-27-28-29-30-31-32-33-34-35-36-37-39-41-43-45-47-49-51-53-55-57-64(69)75-62(61-74-66(65(70)71)72-59-58-67(3,4)5)60-73-63(68)56-54-52-50-48-46-44-42-40-38-25-23-21-19-17-15-13-11-9-7-2/h8,10,14-17,20-23,26-27,29-30,32-33,35-36,39,41,62,66H,6-7,9,11-13,18-19,24-25,28,31,34,37-38,40,42-61H2,1-5H3/p+1/b10-8-,16-14-,17-15-,22-20-,23-21-,27-26-,30-29-,33-32-,36-35-,41-39-. The first kappa shape index (κ1) is 70.7. The highest BCUT2D eigenvalue weighted by Crippen LogP contribution is 2.14. The zero-order chi connectivity index (χ0) is 54.8. The number of nitrogens with zero attached hydrogens (tertiary/aromatic N) is 1. The van der Waals surface area contributed by atoms with Crippen LogP contribution < -0.4 is 0 Å². The van der Waals surface area contributed by atoms with E-state index in [0.29, 0.717) is 17.4 Å². The van der Waals surface area contributed by atoms with E-state index in [2.05, 4.69) is 135 Å². The molecule has 426 valence electrons. The lowest BCUT2D eigenvalue weighted by Gasteiger charge is -2.25. The summed E-state index contributed by atoms with van der Waals surface area (Å²) in [5.74, 6) is -2.04. The fraction of sp³-hybridized carbons (Fsp3) is 0.652. The van der Waals surface area contributed by atoms with Gasteiger partial charge in [-0.3, -0.25) is 9.59 Å². The zero-order valence-electron chi connectivity index (χ0n) is 48.4. The van der Waals surface area contributed by atoms with E-state index in [4.69, 9.17) is 18.9 Å². The molecule has 0 aliphatic heterocycles. The van der Waals surface area contributed by atoms with Crippen molar-refractivity contribution in [3.05, 3.63) is 122 Å². The van der Waals surface area contributed by atoms with Crippen molar-refractivity contribution in [2.24, 2.45) is 0 Å². The van der Waals surface area contributed by atoms with E-state index in [1.807, 2.05) is 21.1 Å². The number of hydrogen-bond acceptors (Lipinski definition) is 7. The Balaban J connectivity index is 4.31. The van der Waals surface area contributed by atoms with Gasteiger partial charge >= 0.3 is 17.9 Å². The summed E-state index contributed by atoms with van der Waals surface area (Å²) in [6.45, 7) is 4.70. The van der Waals surface area contributed by atoms with E-state index in [1.54, 1.807) is 0 Å². The van der Waals surface area contributed by atoms with Crippen molar-refractivity contribution in [3.63, 3.8) is 0 Å². The molecule has 0 aromatic carbocycles. The van der Waals surface area contributed by atoms with Crippen LogP contribution in [-0.4, -0.2) is 87.4 Å². The predicted molar refractivity (Wildman–Crippen MR) is 318 cm³/mol. The van der Waals surface area contributed by atoms with Gasteiger partial charge in [-0.2, -0.15) is 0 Å². The van der Waals surface area contributed by atoms with Crippen molar-refractivity contribution in [3.8, 4) is 0 Å². The second-order valence-electron chi connectivity index (χ2n) is 20.6. The van der Waals surface area contributed by atoms with Gasteiger partial charge in [-0.25, -0.2) is 4.79 Å². The summed E-state index contributed by atoms with van der Waals surface area (Å²) in [5.41, 5.74) is 0. The molecule has 0 aliphatic rings. The van der Waals surface area contributed by atoms with Crippen LogP contribution in [0.2, 0.25) is 0 Å². The van der Waals surface area contributed by atoms with Gasteiger partial charge in [-0.1, -0.05) is 219 Å². The van der Waals surface area contributed by atoms with Gasteiger partial charge < -0.3 is 28.5 Å². The van der Waals surface area contributed by atoms with Crippen LogP contribution in [0.1, 0.15) is 219 Å². The molecule has 0 saturated heterocycles. The average molecular weight is 1050 g/mol. The lowest BCUT2D eigenvalue weighted by Crippen LogP contribution is -2.40. The van der Waals surface area contributed by atoms with E-state index < -0.39 is 24.3 Å². The van der Waals surface area contributed by atoms with Gasteiger partial charge in [0.1, 0.15) is 13.2 Å². The van der Waals surface area contributed by atoms with E-state index in [-0.39, 0.29) is 38.6 Å². The van der Waals surface area contributed by atoms with Crippen molar-refractivity contribution in [1.82, 2.24) is 0 Å². The number of allylic oxidation sites excluding steroid dienone is 20. The Bertz CT molecular complexity index is 1640. The highest BCUT2D eigenvalue weighted by molar-refractivity contribution is 5.71. The molecule has 9 heteroatoms. The van der Waals surface area contributed by atoms with Crippen LogP contribution in [0.3, 0.4) is 0 Å². The summed E-state index contributed by atoms with van der Waals surface area (Å²) >= 11 is 0. The minimum atomic E-state index is -1.52. The summed E-state index contributed by atoms with van der Waals surface area (Å²) in [4.78, 5) is 37.4. The number of rotatable bonds is 53. The fourth-order valence-electron chi connectivity index (χ4n) is 7.65. The summed E-state index contributed by atoms with van der Waals surface area (Å²) in [5, 5.41) is 9.71. The SMILES string of the molecule is CC/C=C\C/C=C\C/C=C\C/C=C\C/C=C\C/C=C\C/C=C\C/C=C\CCCCCCCCC(=O)OC(COC(=O)CCCCCCCCCCC/C=C\C/C=C\CCCCC)COC(OCC[N+](C)(C)C)C(=O)O. The molecular weight excluding hydrogens is 935 g/mol. The number of esters is 2. The molecule has 2 atom stereocenters. The summed E-state index contributed by atoms with van der Waals surface area (Å²) in [6, 6.07) is 0. The number of carboxylic acids is 1. The van der Waals surface area contributed by atoms with Crippen LogP contribution in [-0.2, 0) is 33.3 Å². The monoisotopic (exact) mass is 1040 g/mol. The first-order valence-electron chi connectivity index (χ1n) is 29.7. The lowest BCUT2D eigenvalue weighted by atomic mass is 10.1. The number of unbranched alkanes of at least 4 members (excludes halogenated alkanes) is 18. The lowest BCUT2D eigenvalue weighted by molar-refractivity contribution is -0.870. The number of aliphatic carboxylic acids is 1. The van der Waals surface area contributed by atoms with E-state index in [9.17, 15) is 19.5 Å². The number of hydrogen-bond donors (Lipinski definition) is 1. The van der Waals surface area contributed by atoms with E-state index in [0.717, 1.165) is 122 Å². The zero-order valence-corrected chi connectivity index (χ0v) is 48.4. The summed E-state index contributed by atoms with van der Waals surface area (Å²) < 4.78 is 22.9. The molecule has 75 heavy (non-hydrogen) atoms. The highest BCUT2D eigenvalue weighted by atomic mass is 16.7. The molecule has 0 rings (SSSR count). The van der Waals surface area contributed by atoms with Crippen LogP contribution in [0.5, 0.6) is 0 Å². The third-order valence-electron chi connectivity index (χ3n) is 12.2. The molecule has 9 nitrogen and oxygen atoms in total. The molecule has 0 aliphatic carbocycles. The van der Waals surface area contributed by atoms with Crippen LogP contribution in [0, 0.1) is 0 Å². The summed E-state index contributed by atoms with van der Waals surface area (Å²) in [7, 11) is 5.95. The van der Waals surface area contributed by atoms with Crippen molar-refractivity contribution < 1.29 is 42.9 Å². The number of likely N-dealkylation sites (N-methyl/N-ethyl adjacent to an activating group) is 1. The minimum absolute atomic E-state index is 0.177. The smallest absolute Gasteiger partial charge is 0.361 e. The number of carboxylic acid groups (broad SMARTS) is 1. The van der Waals surface area contributed by atoms with Gasteiger partial charge in [0.2, 0.25) is 0 Å². The molecule has 1 N–H and O–H groups in total. The Labute approximate surface area is 459 Å². The number of carbonyl (C=O) groups is 3. The van der Waals surface area contributed by atoms with Gasteiger partial charge in [0.25, 0.3) is 6.29 Å². The number of carbonyl (C=O) groups excluding carboxylic acids is 2. The average Bonchev–Trinajstić information content (AvgIpc) is 3.38. The van der Waals surface area contributed by atoms with Gasteiger partial charge in [0.15, 0.2) is 6.10 Å². The summed E-state index contributed by atoms with van der Waals surface area (Å²) in [6.07, 6.45) is 75.5. The van der Waals surface area contributed by atoms with Gasteiger partial charge in [0.05, 0.1) is 34.4 Å². The fourth-order valence-corrected chi connectivity index (χ4v) is 7.65. The molecule has 2 unspecified atom stereocenters. The Morgan fingerprint density at radius 3 is 1.13 bits per heavy atom. The Hall–Kier alpha value is -4.31. The highest BCUT2D eigenvalue weighted by Gasteiger charge is 2.25. The maximum absolute atomic E-state index is 12.9. The second kappa shape index (κ2) is 55.9. The molecule has 0 saturated carbocycles. The van der Waals surface area contributed by atoms with Gasteiger partial charge in [-0.15, -0.1) is 0 Å². The van der Waals surface area contributed by atoms with Crippen LogP contribution in [0.15, 0.2) is 122 Å². The van der Waals surface area contributed by atoms with Crippen molar-refractivity contribution in [1.29, 1.82) is 0 Å². The quantitative estimate of drug-likeness (QED) is 0.0211. The molecule has 0 heterocycles. The molecule has 0 radical (unpaired) electrons. The van der Waals surface area contributed by atoms with E-state index >= 15 is 0 Å². The van der Waals surface area contributed by atoms with Crippen molar-refractivity contribution >= 4 is 17.9 Å². The predicted octanol–water partition coefficient (Wildman–Crippen LogP) is 17.7. The van der Waals surface area contributed by atoms with Crippen molar-refractivity contribution in [2.45, 2.75) is 232 Å². The Morgan fingerprint density at radius 1 is 0.413 bits per heavy atom. The third kappa shape index (κ3) is 57.2. The molecule has 0 aromatic rings. The van der Waals surface area contributed by atoms with Crippen LogP contribution >= 0.6 is 0 Å². The Kier molecular flexibility index (Phi) is 52.7. The number of quaternary nitrogens is 1. The maximum Gasteiger partial charge on any atom is 0.361 e. The topological polar surface area (TPSA) is 108 Å². The molecule has 0 amide bonds. The first-order valence-corrected chi connectivity index (χ1v) is 29.7. The van der Waals surface area contributed by atoms with E-state index in [1.165, 1.54) is 64.2 Å². The molecule has 0 spiro atoms. The largest absolute Gasteiger partial charge is 0.477 e. The third-order valence-corrected chi connectivity index (χ3v) is 12.2. The first-order chi connectivity index (χ1) is 36.6.